The van der Waals surface area contributed by atoms with Crippen molar-refractivity contribution in [3.8, 4) is 0 Å². The molecule has 0 heterocycles. The van der Waals surface area contributed by atoms with Crippen molar-refractivity contribution >= 4 is 17.7 Å². The van der Waals surface area contributed by atoms with Gasteiger partial charge in [-0.05, 0) is 30.7 Å². The van der Waals surface area contributed by atoms with Crippen LogP contribution in [0.1, 0.15) is 17.5 Å². The second-order valence-electron chi connectivity index (χ2n) is 3.21. The number of benzene rings is 1. The Morgan fingerprint density at radius 1 is 1.31 bits per heavy atom. The van der Waals surface area contributed by atoms with Crippen LogP contribution in [0.15, 0.2) is 24.3 Å². The normalized spacial score (nSPS) is 12.3. The quantitative estimate of drug-likeness (QED) is 0.868. The van der Waals surface area contributed by atoms with Crippen LogP contribution in [0.2, 0.25) is 5.02 Å². The highest BCUT2D eigenvalue weighted by atomic mass is 35.5. The molecule has 0 saturated heterocycles. The van der Waals surface area contributed by atoms with Gasteiger partial charge in [-0.3, -0.25) is 0 Å². The Labute approximate surface area is 96.7 Å². The smallest absolute Gasteiger partial charge is 0.330 e. The van der Waals surface area contributed by atoms with Gasteiger partial charge in [0, 0.05) is 5.02 Å². The molecule has 1 aromatic rings. The van der Waals surface area contributed by atoms with Crippen LogP contribution in [0, 0.1) is 0 Å². The van der Waals surface area contributed by atoms with Crippen molar-refractivity contribution in [2.75, 3.05) is 6.54 Å². The van der Waals surface area contributed by atoms with Gasteiger partial charge in [0.2, 0.25) is 0 Å². The van der Waals surface area contributed by atoms with Gasteiger partial charge in [0.05, 0.1) is 5.56 Å². The zero-order valence-electron chi connectivity index (χ0n) is 8.39. The van der Waals surface area contributed by atoms with E-state index in [2.05, 4.69) is 0 Å². The molecule has 0 saturated carbocycles. The molecular formula is C11H11ClF3N. The summed E-state index contributed by atoms with van der Waals surface area (Å²) in [5.41, 5.74) is 4.62. The van der Waals surface area contributed by atoms with Gasteiger partial charge in [0.25, 0.3) is 0 Å². The first-order valence-electron chi connectivity index (χ1n) is 4.68. The van der Waals surface area contributed by atoms with E-state index in [1.165, 1.54) is 18.2 Å². The van der Waals surface area contributed by atoms with E-state index in [0.29, 0.717) is 13.0 Å². The largest absolute Gasteiger partial charge is 0.417 e. The maximum absolute atomic E-state index is 12.6. The van der Waals surface area contributed by atoms with E-state index in [0.717, 1.165) is 6.07 Å². The molecule has 16 heavy (non-hydrogen) atoms. The first-order chi connectivity index (χ1) is 7.45. The predicted octanol–water partition coefficient (Wildman–Crippen LogP) is 3.72. The summed E-state index contributed by atoms with van der Waals surface area (Å²) in [4.78, 5) is 0. The minimum absolute atomic E-state index is 0.0725. The van der Waals surface area contributed by atoms with Gasteiger partial charge < -0.3 is 5.73 Å². The Balaban J connectivity index is 3.08. The molecular weight excluding hydrogens is 239 g/mol. The lowest BCUT2D eigenvalue weighted by atomic mass is 10.1. The highest BCUT2D eigenvalue weighted by molar-refractivity contribution is 6.30. The standard InChI is InChI=1S/C11H11ClF3N/c12-9-5-4-8(3-1-2-6-16)10(7-9)11(13,14)15/h1,3-5,7H,2,6,16H2. The monoisotopic (exact) mass is 249 g/mol. The number of nitrogens with two attached hydrogens (primary N) is 1. The SMILES string of the molecule is NCCC=Cc1ccc(Cl)cc1C(F)(F)F. The van der Waals surface area contributed by atoms with Crippen molar-refractivity contribution in [3.63, 3.8) is 0 Å². The first-order valence-corrected chi connectivity index (χ1v) is 5.06. The summed E-state index contributed by atoms with van der Waals surface area (Å²) in [6.07, 6.45) is -0.836. The summed E-state index contributed by atoms with van der Waals surface area (Å²) in [5.74, 6) is 0. The first kappa shape index (κ1) is 13.1. The van der Waals surface area contributed by atoms with Crippen LogP contribution in [-0.2, 0) is 6.18 Å². The van der Waals surface area contributed by atoms with Crippen LogP contribution in [0.25, 0.3) is 6.08 Å². The molecule has 0 aliphatic carbocycles. The molecule has 0 bridgehead atoms. The van der Waals surface area contributed by atoms with Gasteiger partial charge in [-0.15, -0.1) is 0 Å². The van der Waals surface area contributed by atoms with Crippen molar-refractivity contribution in [2.45, 2.75) is 12.6 Å². The lowest BCUT2D eigenvalue weighted by Crippen LogP contribution is -2.07. The van der Waals surface area contributed by atoms with Gasteiger partial charge in [-0.1, -0.05) is 29.8 Å². The fourth-order valence-electron chi connectivity index (χ4n) is 1.23. The van der Waals surface area contributed by atoms with E-state index >= 15 is 0 Å². The number of hydrogen-bond donors (Lipinski definition) is 1. The highest BCUT2D eigenvalue weighted by Crippen LogP contribution is 2.34. The van der Waals surface area contributed by atoms with Gasteiger partial charge in [-0.2, -0.15) is 13.2 Å². The molecule has 0 amide bonds. The van der Waals surface area contributed by atoms with Crippen molar-refractivity contribution in [1.29, 1.82) is 0 Å². The summed E-state index contributed by atoms with van der Waals surface area (Å²) in [5, 5.41) is 0.0725. The van der Waals surface area contributed by atoms with Crippen LogP contribution in [0.5, 0.6) is 0 Å². The van der Waals surface area contributed by atoms with Crippen LogP contribution in [0.3, 0.4) is 0 Å². The molecule has 5 heteroatoms. The summed E-state index contributed by atoms with van der Waals surface area (Å²) in [7, 11) is 0. The average molecular weight is 250 g/mol. The molecule has 0 spiro atoms. The van der Waals surface area contributed by atoms with E-state index in [9.17, 15) is 13.2 Å². The Kier molecular flexibility index (Phi) is 4.38. The molecule has 88 valence electrons. The number of halogens is 4. The molecule has 1 nitrogen and oxygen atoms in total. The molecule has 0 atom stereocenters. The van der Waals surface area contributed by atoms with Crippen LogP contribution in [-0.4, -0.2) is 6.54 Å². The number of alkyl halides is 3. The Bertz CT molecular complexity index is 385. The fraction of sp³-hybridized carbons (Fsp3) is 0.273. The van der Waals surface area contributed by atoms with Crippen LogP contribution >= 0.6 is 11.6 Å². The molecule has 0 aliphatic heterocycles. The second kappa shape index (κ2) is 5.37. The van der Waals surface area contributed by atoms with E-state index in [1.807, 2.05) is 0 Å². The van der Waals surface area contributed by atoms with Crippen LogP contribution in [0.4, 0.5) is 13.2 Å². The predicted molar refractivity (Wildman–Crippen MR) is 59.2 cm³/mol. The molecule has 0 aromatic heterocycles. The third-order valence-electron chi connectivity index (χ3n) is 1.95. The van der Waals surface area contributed by atoms with Gasteiger partial charge in [0.15, 0.2) is 0 Å². The molecule has 2 N–H and O–H groups in total. The van der Waals surface area contributed by atoms with Crippen molar-refractivity contribution in [1.82, 2.24) is 0 Å². The van der Waals surface area contributed by atoms with Crippen LogP contribution < -0.4 is 5.73 Å². The van der Waals surface area contributed by atoms with Gasteiger partial charge in [-0.25, -0.2) is 0 Å². The molecule has 0 aliphatic rings. The van der Waals surface area contributed by atoms with Gasteiger partial charge in [0.1, 0.15) is 0 Å². The minimum atomic E-state index is -4.40. The molecule has 0 unspecified atom stereocenters. The summed E-state index contributed by atoms with van der Waals surface area (Å²) in [6.45, 7) is 0.408. The van der Waals surface area contributed by atoms with Gasteiger partial charge >= 0.3 is 6.18 Å². The third kappa shape index (κ3) is 3.54. The molecule has 1 aromatic carbocycles. The third-order valence-corrected chi connectivity index (χ3v) is 2.19. The summed E-state index contributed by atoms with van der Waals surface area (Å²) >= 11 is 5.54. The van der Waals surface area contributed by atoms with Crippen molar-refractivity contribution < 1.29 is 13.2 Å². The van der Waals surface area contributed by atoms with E-state index in [4.69, 9.17) is 17.3 Å². The van der Waals surface area contributed by atoms with E-state index in [-0.39, 0.29) is 10.6 Å². The highest BCUT2D eigenvalue weighted by Gasteiger charge is 2.32. The van der Waals surface area contributed by atoms with E-state index < -0.39 is 11.7 Å². The lowest BCUT2D eigenvalue weighted by Gasteiger charge is -2.10. The van der Waals surface area contributed by atoms with E-state index in [1.54, 1.807) is 6.08 Å². The second-order valence-corrected chi connectivity index (χ2v) is 3.65. The summed E-state index contributed by atoms with van der Waals surface area (Å²) < 4.78 is 37.9. The molecule has 1 rings (SSSR count). The Morgan fingerprint density at radius 2 is 2.00 bits per heavy atom. The Hall–Kier alpha value is -1.00. The fourth-order valence-corrected chi connectivity index (χ4v) is 1.40. The molecule has 0 fully saturated rings. The zero-order valence-corrected chi connectivity index (χ0v) is 9.15. The number of hydrogen-bond acceptors (Lipinski definition) is 1. The zero-order chi connectivity index (χ0) is 12.2. The lowest BCUT2D eigenvalue weighted by molar-refractivity contribution is -0.137. The van der Waals surface area contributed by atoms with Crippen molar-refractivity contribution in [2.24, 2.45) is 5.73 Å². The minimum Gasteiger partial charge on any atom is -0.330 e. The summed E-state index contributed by atoms with van der Waals surface area (Å²) in [6, 6.07) is 3.70. The molecule has 0 radical (unpaired) electrons. The topological polar surface area (TPSA) is 26.0 Å². The van der Waals surface area contributed by atoms with Crippen molar-refractivity contribution in [3.05, 3.63) is 40.4 Å². The number of rotatable bonds is 3. The maximum atomic E-state index is 12.6. The Morgan fingerprint density at radius 3 is 2.56 bits per heavy atom. The maximum Gasteiger partial charge on any atom is 0.417 e. The average Bonchev–Trinajstić information content (AvgIpc) is 2.19.